The van der Waals surface area contributed by atoms with E-state index in [0.717, 1.165) is 5.56 Å². The summed E-state index contributed by atoms with van der Waals surface area (Å²) in [4.78, 5) is 0. The summed E-state index contributed by atoms with van der Waals surface area (Å²) in [5.74, 6) is -6.73. The molecule has 0 radical (unpaired) electrons. The second-order valence-electron chi connectivity index (χ2n) is 4.98. The smallest absolute Gasteiger partial charge is 0.203 e. The Hall–Kier alpha value is -2.04. The number of hydrogen-bond acceptors (Lipinski definition) is 1. The maximum absolute atomic E-state index is 13.4. The van der Waals surface area contributed by atoms with E-state index in [2.05, 4.69) is 0 Å². The van der Waals surface area contributed by atoms with Gasteiger partial charge in [-0.2, -0.15) is 8.78 Å². The minimum absolute atomic E-state index is 0.148. The highest BCUT2D eigenvalue weighted by Gasteiger charge is 2.20. The fraction of sp³-hybridized carbons (Fsp3) is 0.250. The molecular weight excluding hydrogens is 284 g/mol. The summed E-state index contributed by atoms with van der Waals surface area (Å²) in [6, 6.07) is 7.35. The first-order chi connectivity index (χ1) is 9.90. The number of rotatable bonds is 4. The molecule has 5 heteroatoms. The van der Waals surface area contributed by atoms with Crippen molar-refractivity contribution in [3.8, 4) is 5.75 Å². The molecule has 0 heterocycles. The molecule has 0 aliphatic carbocycles. The van der Waals surface area contributed by atoms with Gasteiger partial charge in [0.25, 0.3) is 0 Å². The molecule has 21 heavy (non-hydrogen) atoms. The van der Waals surface area contributed by atoms with Gasteiger partial charge >= 0.3 is 0 Å². The molecule has 0 aliphatic heterocycles. The number of halogens is 4. The lowest BCUT2D eigenvalue weighted by atomic mass is 10.0. The third kappa shape index (κ3) is 3.35. The second kappa shape index (κ2) is 6.16. The normalized spacial score (nSPS) is 11.0. The minimum atomic E-state index is -1.53. The fourth-order valence-corrected chi connectivity index (χ4v) is 1.83. The number of benzene rings is 2. The Morgan fingerprint density at radius 1 is 0.905 bits per heavy atom. The minimum Gasteiger partial charge on any atom is -0.483 e. The lowest BCUT2D eigenvalue weighted by molar-refractivity contribution is 0.261. The molecule has 1 nitrogen and oxygen atoms in total. The van der Waals surface area contributed by atoms with E-state index in [1.165, 1.54) is 0 Å². The third-order valence-corrected chi connectivity index (χ3v) is 3.10. The number of hydrogen-bond donors (Lipinski definition) is 0. The van der Waals surface area contributed by atoms with Gasteiger partial charge in [0, 0.05) is 6.07 Å². The highest BCUT2D eigenvalue weighted by atomic mass is 19.2. The first-order valence-corrected chi connectivity index (χ1v) is 6.44. The summed E-state index contributed by atoms with van der Waals surface area (Å²) in [6.07, 6.45) is 0. The topological polar surface area (TPSA) is 9.23 Å². The molecule has 2 aromatic rings. The van der Waals surface area contributed by atoms with E-state index in [1.54, 1.807) is 12.1 Å². The van der Waals surface area contributed by atoms with Crippen LogP contribution >= 0.6 is 0 Å². The van der Waals surface area contributed by atoms with Crippen molar-refractivity contribution in [3.05, 3.63) is 64.7 Å². The highest BCUT2D eigenvalue weighted by molar-refractivity contribution is 5.30. The van der Waals surface area contributed by atoms with E-state index >= 15 is 0 Å². The van der Waals surface area contributed by atoms with Crippen molar-refractivity contribution in [2.24, 2.45) is 0 Å². The van der Waals surface area contributed by atoms with Gasteiger partial charge in [0.1, 0.15) is 6.61 Å². The predicted octanol–water partition coefficient (Wildman–Crippen LogP) is 4.95. The lowest BCUT2D eigenvalue weighted by Crippen LogP contribution is -2.04. The van der Waals surface area contributed by atoms with Crippen LogP contribution in [0.4, 0.5) is 17.6 Å². The second-order valence-corrected chi connectivity index (χ2v) is 4.98. The standard InChI is InChI=1S/C16H14F4O/c1-9(2)11-5-3-10(4-6-11)8-21-16-14(19)12(17)7-13(18)15(16)20/h3-7,9H,8H2,1-2H3. The molecule has 2 rings (SSSR count). The van der Waals surface area contributed by atoms with Crippen LogP contribution in [0.15, 0.2) is 30.3 Å². The molecule has 0 saturated carbocycles. The Morgan fingerprint density at radius 3 is 1.90 bits per heavy atom. The van der Waals surface area contributed by atoms with E-state index in [-0.39, 0.29) is 12.7 Å². The van der Waals surface area contributed by atoms with Gasteiger partial charge in [0.15, 0.2) is 17.4 Å². The first kappa shape index (κ1) is 15.4. The van der Waals surface area contributed by atoms with Crippen LogP contribution in [0.5, 0.6) is 5.75 Å². The van der Waals surface area contributed by atoms with E-state index in [1.807, 2.05) is 26.0 Å². The fourth-order valence-electron chi connectivity index (χ4n) is 1.83. The molecule has 2 aromatic carbocycles. The van der Waals surface area contributed by atoms with E-state index in [4.69, 9.17) is 4.74 Å². The maximum Gasteiger partial charge on any atom is 0.203 e. The largest absolute Gasteiger partial charge is 0.483 e. The molecule has 0 fully saturated rings. The van der Waals surface area contributed by atoms with Crippen molar-refractivity contribution in [2.45, 2.75) is 26.4 Å². The zero-order valence-electron chi connectivity index (χ0n) is 11.6. The van der Waals surface area contributed by atoms with Gasteiger partial charge in [-0.05, 0) is 17.0 Å². The van der Waals surface area contributed by atoms with Crippen molar-refractivity contribution in [3.63, 3.8) is 0 Å². The van der Waals surface area contributed by atoms with Crippen LogP contribution in [0.25, 0.3) is 0 Å². The summed E-state index contributed by atoms with van der Waals surface area (Å²) in [5.41, 5.74) is 1.75. The van der Waals surface area contributed by atoms with Gasteiger partial charge in [-0.25, -0.2) is 8.78 Å². The van der Waals surface area contributed by atoms with Crippen LogP contribution in [-0.2, 0) is 6.61 Å². The van der Waals surface area contributed by atoms with Gasteiger partial charge < -0.3 is 4.74 Å². The van der Waals surface area contributed by atoms with Crippen molar-refractivity contribution in [1.29, 1.82) is 0 Å². The molecule has 0 bridgehead atoms. The summed E-state index contributed by atoms with van der Waals surface area (Å²) >= 11 is 0. The van der Waals surface area contributed by atoms with Crippen LogP contribution in [0.3, 0.4) is 0 Å². The van der Waals surface area contributed by atoms with Crippen LogP contribution in [-0.4, -0.2) is 0 Å². The zero-order chi connectivity index (χ0) is 15.6. The highest BCUT2D eigenvalue weighted by Crippen LogP contribution is 2.27. The van der Waals surface area contributed by atoms with Gasteiger partial charge in [-0.1, -0.05) is 38.1 Å². The Labute approximate surface area is 120 Å². The molecule has 0 saturated heterocycles. The summed E-state index contributed by atoms with van der Waals surface area (Å²) < 4.78 is 57.8. The number of ether oxygens (including phenoxy) is 1. The summed E-state index contributed by atoms with van der Waals surface area (Å²) in [6.45, 7) is 3.88. The molecular formula is C16H14F4O. The lowest BCUT2D eigenvalue weighted by Gasteiger charge is -2.10. The average molecular weight is 298 g/mol. The molecule has 0 amide bonds. The van der Waals surface area contributed by atoms with Gasteiger partial charge in [-0.3, -0.25) is 0 Å². The van der Waals surface area contributed by atoms with Crippen LogP contribution in [0, 0.1) is 23.3 Å². The van der Waals surface area contributed by atoms with E-state index in [9.17, 15) is 17.6 Å². The molecule has 0 N–H and O–H groups in total. The Bertz CT molecular complexity index is 609. The SMILES string of the molecule is CC(C)c1ccc(COc2c(F)c(F)cc(F)c2F)cc1. The zero-order valence-corrected chi connectivity index (χ0v) is 11.6. The maximum atomic E-state index is 13.4. The molecule has 0 atom stereocenters. The third-order valence-electron chi connectivity index (χ3n) is 3.10. The summed E-state index contributed by atoms with van der Waals surface area (Å²) in [5, 5.41) is 0. The molecule has 112 valence electrons. The average Bonchev–Trinajstić information content (AvgIpc) is 2.45. The quantitative estimate of drug-likeness (QED) is 0.573. The summed E-state index contributed by atoms with van der Waals surface area (Å²) in [7, 11) is 0. The van der Waals surface area contributed by atoms with Crippen molar-refractivity contribution < 1.29 is 22.3 Å². The Morgan fingerprint density at radius 2 is 1.43 bits per heavy atom. The van der Waals surface area contributed by atoms with Crippen molar-refractivity contribution in [2.75, 3.05) is 0 Å². The van der Waals surface area contributed by atoms with Gasteiger partial charge in [-0.15, -0.1) is 0 Å². The molecule has 0 unspecified atom stereocenters. The molecule has 0 spiro atoms. The first-order valence-electron chi connectivity index (χ1n) is 6.44. The van der Waals surface area contributed by atoms with Crippen molar-refractivity contribution in [1.82, 2.24) is 0 Å². The van der Waals surface area contributed by atoms with Crippen LogP contribution in [0.2, 0.25) is 0 Å². The monoisotopic (exact) mass is 298 g/mol. The van der Waals surface area contributed by atoms with Gasteiger partial charge in [0.05, 0.1) is 0 Å². The van der Waals surface area contributed by atoms with Gasteiger partial charge in [0.2, 0.25) is 11.6 Å². The van der Waals surface area contributed by atoms with E-state index < -0.39 is 29.0 Å². The molecule has 0 aliphatic rings. The Balaban J connectivity index is 2.17. The van der Waals surface area contributed by atoms with E-state index in [0.29, 0.717) is 11.5 Å². The molecule has 0 aromatic heterocycles. The van der Waals surface area contributed by atoms with Crippen molar-refractivity contribution >= 4 is 0 Å². The van der Waals surface area contributed by atoms with Crippen LogP contribution in [0.1, 0.15) is 30.9 Å². The predicted molar refractivity (Wildman–Crippen MR) is 71.1 cm³/mol. The Kier molecular flexibility index (Phi) is 4.50. The van der Waals surface area contributed by atoms with Crippen LogP contribution < -0.4 is 4.74 Å².